The van der Waals surface area contributed by atoms with Crippen LogP contribution in [0.2, 0.25) is 0 Å². The van der Waals surface area contributed by atoms with Crippen LogP contribution in [0.15, 0.2) is 59.0 Å². The molecule has 8 nitrogen and oxygen atoms in total. The minimum atomic E-state index is -0.334. The van der Waals surface area contributed by atoms with Crippen molar-refractivity contribution in [3.63, 3.8) is 0 Å². The number of nitrogens with one attached hydrogen (secondary N) is 1. The zero-order valence-electron chi connectivity index (χ0n) is 16.1. The van der Waals surface area contributed by atoms with E-state index in [0.717, 1.165) is 16.5 Å². The van der Waals surface area contributed by atoms with Crippen LogP contribution in [0, 0.1) is 0 Å². The van der Waals surface area contributed by atoms with Gasteiger partial charge in [-0.2, -0.15) is 5.10 Å². The van der Waals surface area contributed by atoms with Gasteiger partial charge in [0.25, 0.3) is 5.91 Å². The summed E-state index contributed by atoms with van der Waals surface area (Å²) in [6.07, 6.45) is 3.04. The lowest BCUT2D eigenvalue weighted by Crippen LogP contribution is -2.17. The standard InChI is InChI=1S/C20H21N5O3S/c1-3-28-17-9-8-16(18(26)10-17)11-21-23-19(27)15-6-4-14(5-7-15)12-29-20-24-22-13-25(20)2/h4-11,13,26H,3,12H2,1-2H3,(H,23,27)/b21-11+. The Labute approximate surface area is 172 Å². The smallest absolute Gasteiger partial charge is 0.271 e. The largest absolute Gasteiger partial charge is 0.507 e. The Morgan fingerprint density at radius 1 is 1.31 bits per heavy atom. The fourth-order valence-electron chi connectivity index (χ4n) is 2.42. The minimum Gasteiger partial charge on any atom is -0.507 e. The fourth-order valence-corrected chi connectivity index (χ4v) is 3.26. The van der Waals surface area contributed by atoms with Crippen molar-refractivity contribution in [3.8, 4) is 11.5 Å². The summed E-state index contributed by atoms with van der Waals surface area (Å²) in [6.45, 7) is 2.38. The highest BCUT2D eigenvalue weighted by atomic mass is 32.2. The topological polar surface area (TPSA) is 102 Å². The minimum absolute atomic E-state index is 0.0266. The summed E-state index contributed by atoms with van der Waals surface area (Å²) < 4.78 is 7.17. The highest BCUT2D eigenvalue weighted by Gasteiger charge is 2.06. The molecule has 0 aliphatic heterocycles. The lowest BCUT2D eigenvalue weighted by molar-refractivity contribution is 0.0955. The summed E-state index contributed by atoms with van der Waals surface area (Å²) in [5.41, 5.74) is 4.49. The highest BCUT2D eigenvalue weighted by molar-refractivity contribution is 7.98. The van der Waals surface area contributed by atoms with Crippen LogP contribution < -0.4 is 10.2 Å². The molecule has 0 saturated heterocycles. The van der Waals surface area contributed by atoms with Gasteiger partial charge in [-0.1, -0.05) is 23.9 Å². The van der Waals surface area contributed by atoms with Gasteiger partial charge in [-0.05, 0) is 36.8 Å². The number of rotatable bonds is 8. The molecule has 2 N–H and O–H groups in total. The van der Waals surface area contributed by atoms with Gasteiger partial charge in [-0.3, -0.25) is 4.79 Å². The number of benzene rings is 2. The van der Waals surface area contributed by atoms with Gasteiger partial charge in [0.1, 0.15) is 17.8 Å². The highest BCUT2D eigenvalue weighted by Crippen LogP contribution is 2.22. The number of carbonyl (C=O) groups excluding carboxylic acids is 1. The summed E-state index contributed by atoms with van der Waals surface area (Å²) in [5.74, 6) is 0.991. The molecule has 150 valence electrons. The molecule has 0 aliphatic rings. The quantitative estimate of drug-likeness (QED) is 0.336. The Morgan fingerprint density at radius 2 is 2.10 bits per heavy atom. The van der Waals surface area contributed by atoms with Crippen molar-refractivity contribution >= 4 is 23.9 Å². The SMILES string of the molecule is CCOc1ccc(/C=N/NC(=O)c2ccc(CSc3nncn3C)cc2)c(O)c1. The van der Waals surface area contributed by atoms with Crippen LogP contribution in [0.3, 0.4) is 0 Å². The van der Waals surface area contributed by atoms with Gasteiger partial charge in [0.15, 0.2) is 5.16 Å². The number of phenolic OH excluding ortho intramolecular Hbond substituents is 1. The van der Waals surface area contributed by atoms with Crippen LogP contribution in [-0.4, -0.2) is 38.6 Å². The second kappa shape index (κ2) is 9.74. The fraction of sp³-hybridized carbons (Fsp3) is 0.200. The van der Waals surface area contributed by atoms with E-state index in [1.54, 1.807) is 42.4 Å². The number of aromatic hydroxyl groups is 1. The molecule has 3 aromatic rings. The van der Waals surface area contributed by atoms with Gasteiger partial charge in [0, 0.05) is 30.0 Å². The van der Waals surface area contributed by atoms with Crippen LogP contribution in [0.4, 0.5) is 0 Å². The Bertz CT molecular complexity index is 1000. The molecular formula is C20H21N5O3S. The Hall–Kier alpha value is -3.33. The molecule has 0 fully saturated rings. The Kier molecular flexibility index (Phi) is 6.85. The molecule has 1 amide bonds. The van der Waals surface area contributed by atoms with Gasteiger partial charge in [0.2, 0.25) is 0 Å². The summed E-state index contributed by atoms with van der Waals surface area (Å²) in [6, 6.07) is 12.2. The van der Waals surface area contributed by atoms with Crippen molar-refractivity contribution in [2.45, 2.75) is 17.8 Å². The van der Waals surface area contributed by atoms with Crippen LogP contribution in [0.25, 0.3) is 0 Å². The average Bonchev–Trinajstić information content (AvgIpc) is 3.13. The van der Waals surface area contributed by atoms with Gasteiger partial charge in [0.05, 0.1) is 12.8 Å². The lowest BCUT2D eigenvalue weighted by atomic mass is 10.1. The van der Waals surface area contributed by atoms with E-state index in [0.29, 0.717) is 23.5 Å². The number of thioether (sulfide) groups is 1. The first-order chi connectivity index (χ1) is 14.1. The normalized spacial score (nSPS) is 11.0. The number of hydrazone groups is 1. The van der Waals surface area contributed by atoms with E-state index in [1.807, 2.05) is 30.7 Å². The summed E-state index contributed by atoms with van der Waals surface area (Å²) >= 11 is 1.57. The van der Waals surface area contributed by atoms with Crippen molar-refractivity contribution in [2.24, 2.45) is 12.1 Å². The number of hydrogen-bond acceptors (Lipinski definition) is 7. The molecule has 3 rings (SSSR count). The third-order valence-electron chi connectivity index (χ3n) is 3.94. The number of aromatic nitrogens is 3. The predicted molar refractivity (Wildman–Crippen MR) is 111 cm³/mol. The number of aryl methyl sites for hydroxylation is 1. The van der Waals surface area contributed by atoms with Crippen LogP contribution >= 0.6 is 11.8 Å². The Balaban J connectivity index is 1.54. The van der Waals surface area contributed by atoms with Gasteiger partial charge >= 0.3 is 0 Å². The van der Waals surface area contributed by atoms with Crippen molar-refractivity contribution in [2.75, 3.05) is 6.61 Å². The second-order valence-electron chi connectivity index (χ2n) is 6.06. The maximum Gasteiger partial charge on any atom is 0.271 e. The van der Waals surface area contributed by atoms with E-state index < -0.39 is 0 Å². The monoisotopic (exact) mass is 411 g/mol. The number of hydrogen-bond donors (Lipinski definition) is 2. The summed E-state index contributed by atoms with van der Waals surface area (Å²) in [5, 5.41) is 22.6. The third kappa shape index (κ3) is 5.58. The van der Waals surface area contributed by atoms with Gasteiger partial charge in [-0.25, -0.2) is 5.43 Å². The maximum atomic E-state index is 12.2. The first kappa shape index (κ1) is 20.4. The lowest BCUT2D eigenvalue weighted by Gasteiger charge is -2.05. The van der Waals surface area contributed by atoms with E-state index in [4.69, 9.17) is 4.74 Å². The molecule has 0 saturated carbocycles. The number of ether oxygens (including phenoxy) is 1. The van der Waals surface area contributed by atoms with Crippen LogP contribution in [0.5, 0.6) is 11.5 Å². The van der Waals surface area contributed by atoms with Crippen molar-refractivity contribution in [1.29, 1.82) is 0 Å². The zero-order chi connectivity index (χ0) is 20.6. The number of nitrogens with zero attached hydrogens (tertiary/aromatic N) is 4. The van der Waals surface area contributed by atoms with Gasteiger partial charge in [-0.15, -0.1) is 10.2 Å². The number of amides is 1. The van der Waals surface area contributed by atoms with Crippen molar-refractivity contribution < 1.29 is 14.6 Å². The molecule has 29 heavy (non-hydrogen) atoms. The van der Waals surface area contributed by atoms with E-state index >= 15 is 0 Å². The first-order valence-corrected chi connectivity index (χ1v) is 9.90. The summed E-state index contributed by atoms with van der Waals surface area (Å²) in [7, 11) is 1.89. The molecule has 0 aliphatic carbocycles. The van der Waals surface area contributed by atoms with E-state index in [1.165, 1.54) is 12.3 Å². The third-order valence-corrected chi connectivity index (χ3v) is 5.04. The Morgan fingerprint density at radius 3 is 2.76 bits per heavy atom. The van der Waals surface area contributed by atoms with Crippen molar-refractivity contribution in [3.05, 3.63) is 65.5 Å². The molecular weight excluding hydrogens is 390 g/mol. The zero-order valence-corrected chi connectivity index (χ0v) is 16.9. The number of phenols is 1. The first-order valence-electron chi connectivity index (χ1n) is 8.91. The van der Waals surface area contributed by atoms with E-state index in [-0.39, 0.29) is 11.7 Å². The molecule has 1 heterocycles. The predicted octanol–water partition coefficient (Wildman–Crippen LogP) is 2.98. The van der Waals surface area contributed by atoms with Crippen molar-refractivity contribution in [1.82, 2.24) is 20.2 Å². The average molecular weight is 411 g/mol. The van der Waals surface area contributed by atoms with Gasteiger partial charge < -0.3 is 14.4 Å². The van der Waals surface area contributed by atoms with Crippen LogP contribution in [-0.2, 0) is 12.8 Å². The summed E-state index contributed by atoms with van der Waals surface area (Å²) in [4.78, 5) is 12.2. The maximum absolute atomic E-state index is 12.2. The molecule has 0 atom stereocenters. The second-order valence-corrected chi connectivity index (χ2v) is 7.01. The number of carbonyl (C=O) groups is 1. The van der Waals surface area contributed by atoms with E-state index in [9.17, 15) is 9.90 Å². The van der Waals surface area contributed by atoms with Crippen LogP contribution in [0.1, 0.15) is 28.4 Å². The molecule has 1 aromatic heterocycles. The molecule has 0 spiro atoms. The van der Waals surface area contributed by atoms with E-state index in [2.05, 4.69) is 20.7 Å². The molecule has 2 aromatic carbocycles. The molecule has 0 radical (unpaired) electrons. The molecule has 9 heteroatoms. The molecule has 0 bridgehead atoms. The molecule has 0 unspecified atom stereocenters.